The van der Waals surface area contributed by atoms with Gasteiger partial charge in [0.05, 0.1) is 11.6 Å². The van der Waals surface area contributed by atoms with Crippen molar-refractivity contribution in [1.29, 1.82) is 0 Å². The number of fused-ring (bicyclic) bond motifs is 3. The Bertz CT molecular complexity index is 1760. The van der Waals surface area contributed by atoms with E-state index in [0.29, 0.717) is 29.5 Å². The minimum Gasteiger partial charge on any atom is -0.488 e. The van der Waals surface area contributed by atoms with Crippen LogP contribution in [0.1, 0.15) is 53.4 Å². The van der Waals surface area contributed by atoms with E-state index < -0.39 is 5.76 Å². The van der Waals surface area contributed by atoms with E-state index in [-0.39, 0.29) is 0 Å². The molecule has 0 radical (unpaired) electrons. The van der Waals surface area contributed by atoms with Crippen molar-refractivity contribution in [1.82, 2.24) is 24.7 Å². The topological polar surface area (TPSA) is 98.8 Å². The summed E-state index contributed by atoms with van der Waals surface area (Å²) in [6.45, 7) is 6.92. The molecule has 0 saturated heterocycles. The number of aromatic nitrogens is 5. The van der Waals surface area contributed by atoms with Crippen LogP contribution in [0.5, 0.6) is 5.75 Å². The lowest BCUT2D eigenvalue weighted by molar-refractivity contribution is 0.307. The molecule has 0 saturated carbocycles. The third kappa shape index (κ3) is 4.03. The van der Waals surface area contributed by atoms with Gasteiger partial charge in [-0.2, -0.15) is 0 Å². The summed E-state index contributed by atoms with van der Waals surface area (Å²) in [7, 11) is 0. The molecule has 6 rings (SSSR count). The molecule has 3 aromatic heterocycles. The van der Waals surface area contributed by atoms with Gasteiger partial charge in [0.2, 0.25) is 0 Å². The summed E-state index contributed by atoms with van der Waals surface area (Å²) in [5.41, 5.74) is 8.10. The Labute approximate surface area is 217 Å². The Hall–Kier alpha value is -4.17. The van der Waals surface area contributed by atoms with Gasteiger partial charge in [0.15, 0.2) is 11.5 Å². The Morgan fingerprint density at radius 3 is 2.76 bits per heavy atom. The molecule has 9 heteroatoms. The SMILES string of the molecule is CCc1nc2c(Cl)cc(C)nc2n1Cc1ccc2c(c1)OCc1ccccc1C2=C(C)c1noc(=O)[nH]1. The molecule has 0 aliphatic carbocycles. The second kappa shape index (κ2) is 9.05. The van der Waals surface area contributed by atoms with Crippen molar-refractivity contribution in [2.45, 2.75) is 40.3 Å². The molecule has 0 atom stereocenters. The number of halogens is 1. The number of imidazole rings is 1. The molecule has 0 amide bonds. The maximum atomic E-state index is 11.7. The zero-order valence-corrected chi connectivity index (χ0v) is 21.4. The molecule has 0 unspecified atom stereocenters. The molecule has 8 nitrogen and oxygen atoms in total. The van der Waals surface area contributed by atoms with Crippen LogP contribution >= 0.6 is 11.6 Å². The molecule has 1 N–H and O–H groups in total. The van der Waals surface area contributed by atoms with E-state index in [0.717, 1.165) is 62.7 Å². The Morgan fingerprint density at radius 1 is 1.14 bits per heavy atom. The molecule has 0 bridgehead atoms. The number of H-pyrrole nitrogens is 1. The van der Waals surface area contributed by atoms with Crippen LogP contribution in [0.3, 0.4) is 0 Å². The van der Waals surface area contributed by atoms with Gasteiger partial charge < -0.3 is 9.30 Å². The fraction of sp³-hybridized carbons (Fsp3) is 0.214. The van der Waals surface area contributed by atoms with Gasteiger partial charge in [0, 0.05) is 23.3 Å². The highest BCUT2D eigenvalue weighted by molar-refractivity contribution is 6.34. The van der Waals surface area contributed by atoms with Gasteiger partial charge in [-0.15, -0.1) is 0 Å². The largest absolute Gasteiger partial charge is 0.488 e. The van der Waals surface area contributed by atoms with Gasteiger partial charge in [0.25, 0.3) is 0 Å². The average Bonchev–Trinajstić information content (AvgIpc) is 3.43. The number of aromatic amines is 1. The summed E-state index contributed by atoms with van der Waals surface area (Å²) in [5.74, 6) is 1.47. The average molecular weight is 514 g/mol. The van der Waals surface area contributed by atoms with Crippen molar-refractivity contribution in [3.63, 3.8) is 0 Å². The summed E-state index contributed by atoms with van der Waals surface area (Å²) in [4.78, 5) is 23.8. The van der Waals surface area contributed by atoms with Crippen molar-refractivity contribution < 1.29 is 9.26 Å². The van der Waals surface area contributed by atoms with Crippen molar-refractivity contribution in [3.8, 4) is 5.75 Å². The number of allylic oxidation sites excluding steroid dienone is 1. The fourth-order valence-corrected chi connectivity index (χ4v) is 5.21. The molecule has 5 aromatic rings. The first-order valence-electron chi connectivity index (χ1n) is 12.1. The lowest BCUT2D eigenvalue weighted by Gasteiger charge is -2.15. The van der Waals surface area contributed by atoms with E-state index in [9.17, 15) is 4.79 Å². The number of aryl methyl sites for hydroxylation is 2. The van der Waals surface area contributed by atoms with E-state index in [4.69, 9.17) is 30.8 Å². The Balaban J connectivity index is 1.49. The van der Waals surface area contributed by atoms with Gasteiger partial charge in [0.1, 0.15) is 23.7 Å². The van der Waals surface area contributed by atoms with Gasteiger partial charge in [-0.1, -0.05) is 60.1 Å². The van der Waals surface area contributed by atoms with Gasteiger partial charge in [-0.05, 0) is 48.2 Å². The van der Waals surface area contributed by atoms with E-state index in [2.05, 4.69) is 45.9 Å². The number of hydrogen-bond acceptors (Lipinski definition) is 6. The minimum atomic E-state index is -0.591. The van der Waals surface area contributed by atoms with Crippen LogP contribution in [0, 0.1) is 6.92 Å². The quantitative estimate of drug-likeness (QED) is 0.338. The molecule has 186 valence electrons. The summed E-state index contributed by atoms with van der Waals surface area (Å²) >= 11 is 6.49. The normalized spacial score (nSPS) is 14.2. The van der Waals surface area contributed by atoms with Gasteiger partial charge in [-0.25, -0.2) is 14.8 Å². The Morgan fingerprint density at radius 2 is 1.97 bits per heavy atom. The number of nitrogens with zero attached hydrogens (tertiary/aromatic N) is 4. The number of hydrogen-bond donors (Lipinski definition) is 1. The first-order chi connectivity index (χ1) is 17.9. The highest BCUT2D eigenvalue weighted by Gasteiger charge is 2.24. The summed E-state index contributed by atoms with van der Waals surface area (Å²) < 4.78 is 13.2. The number of rotatable bonds is 4. The highest BCUT2D eigenvalue weighted by atomic mass is 35.5. The predicted octanol–water partition coefficient (Wildman–Crippen LogP) is 5.55. The fourth-order valence-electron chi connectivity index (χ4n) is 4.93. The lowest BCUT2D eigenvalue weighted by atomic mass is 9.90. The number of ether oxygens (including phenoxy) is 1. The highest BCUT2D eigenvalue weighted by Crippen LogP contribution is 2.41. The van der Waals surface area contributed by atoms with Crippen LogP contribution in [-0.4, -0.2) is 24.7 Å². The van der Waals surface area contributed by atoms with E-state index in [1.165, 1.54) is 0 Å². The molecular weight excluding hydrogens is 490 g/mol. The predicted molar refractivity (Wildman–Crippen MR) is 142 cm³/mol. The van der Waals surface area contributed by atoms with Crippen molar-refractivity contribution >= 4 is 33.9 Å². The van der Waals surface area contributed by atoms with Crippen LogP contribution in [0.25, 0.3) is 22.3 Å². The molecule has 0 fully saturated rings. The number of benzene rings is 2. The Kier molecular flexibility index (Phi) is 5.68. The molecule has 1 aliphatic rings. The summed E-state index contributed by atoms with van der Waals surface area (Å²) in [6, 6.07) is 16.1. The van der Waals surface area contributed by atoms with Crippen LogP contribution in [0.4, 0.5) is 0 Å². The number of nitrogens with one attached hydrogen (secondary N) is 1. The first kappa shape index (κ1) is 23.2. The maximum absolute atomic E-state index is 11.7. The van der Waals surface area contributed by atoms with Crippen LogP contribution < -0.4 is 10.5 Å². The molecule has 0 spiro atoms. The zero-order chi connectivity index (χ0) is 25.7. The second-order valence-electron chi connectivity index (χ2n) is 9.11. The standard InChI is InChI=1S/C28H24ClN5O3/c1-4-23-31-25-21(29)11-15(2)30-27(25)34(23)13-17-9-10-20-22(12-17)36-14-18-7-5-6-8-19(18)24(20)16(3)26-32-28(35)37-33-26/h5-12H,4,13-14H2,1-3H3,(H,32,33,35). The smallest absolute Gasteiger partial charge is 0.439 e. The monoisotopic (exact) mass is 513 g/mol. The van der Waals surface area contributed by atoms with Crippen LogP contribution in [0.15, 0.2) is 57.8 Å². The summed E-state index contributed by atoms with van der Waals surface area (Å²) in [6.07, 6.45) is 0.754. The maximum Gasteiger partial charge on any atom is 0.439 e. The minimum absolute atomic E-state index is 0.391. The van der Waals surface area contributed by atoms with Gasteiger partial charge >= 0.3 is 5.76 Å². The van der Waals surface area contributed by atoms with Crippen LogP contribution in [0.2, 0.25) is 5.02 Å². The van der Waals surface area contributed by atoms with Crippen molar-refractivity contribution in [2.24, 2.45) is 0 Å². The lowest BCUT2D eigenvalue weighted by Crippen LogP contribution is -2.06. The van der Waals surface area contributed by atoms with Crippen molar-refractivity contribution in [3.05, 3.63) is 104 Å². The third-order valence-electron chi connectivity index (χ3n) is 6.68. The van der Waals surface area contributed by atoms with E-state index in [1.807, 2.05) is 38.1 Å². The first-order valence-corrected chi connectivity index (χ1v) is 12.4. The van der Waals surface area contributed by atoms with Crippen LogP contribution in [-0.2, 0) is 19.6 Å². The van der Waals surface area contributed by atoms with Crippen molar-refractivity contribution in [2.75, 3.05) is 0 Å². The molecular formula is C28H24ClN5O3. The molecule has 2 aromatic carbocycles. The molecule has 1 aliphatic heterocycles. The molecule has 37 heavy (non-hydrogen) atoms. The molecule has 4 heterocycles. The summed E-state index contributed by atoms with van der Waals surface area (Å²) in [5, 5.41) is 4.53. The number of pyridine rings is 1. The van der Waals surface area contributed by atoms with E-state index in [1.54, 1.807) is 0 Å². The van der Waals surface area contributed by atoms with E-state index >= 15 is 0 Å². The second-order valence-corrected chi connectivity index (χ2v) is 9.51. The third-order valence-corrected chi connectivity index (χ3v) is 6.96. The zero-order valence-electron chi connectivity index (χ0n) is 20.6. The van der Waals surface area contributed by atoms with Gasteiger partial charge in [-0.3, -0.25) is 9.51 Å².